The van der Waals surface area contributed by atoms with E-state index in [1.54, 1.807) is 12.1 Å². The lowest BCUT2D eigenvalue weighted by Crippen LogP contribution is -3.12. The molecule has 5 nitrogen and oxygen atoms in total. The Morgan fingerprint density at radius 2 is 1.57 bits per heavy atom. The smallest absolute Gasteiger partial charge is 0.251 e. The minimum Gasteiger partial charge on any atom is -0.457 e. The Hall–Kier alpha value is -3.15. The molecule has 0 bridgehead atoms. The maximum absolute atomic E-state index is 12.7. The minimum atomic E-state index is -0.109. The molecular weight excluding hydrogens is 376 g/mol. The van der Waals surface area contributed by atoms with Gasteiger partial charge in [0.05, 0.1) is 13.2 Å². The Bertz CT molecular complexity index is 969. The van der Waals surface area contributed by atoms with Crippen molar-refractivity contribution in [3.63, 3.8) is 0 Å². The number of benzene rings is 3. The maximum atomic E-state index is 12.7. The Morgan fingerprint density at radius 1 is 0.867 bits per heavy atom. The predicted molar refractivity (Wildman–Crippen MR) is 116 cm³/mol. The summed E-state index contributed by atoms with van der Waals surface area (Å²) in [5.41, 5.74) is 3.01. The van der Waals surface area contributed by atoms with Crippen LogP contribution in [0.4, 0.5) is 0 Å². The molecule has 2 N–H and O–H groups in total. The van der Waals surface area contributed by atoms with E-state index in [4.69, 9.17) is 9.47 Å². The first kappa shape index (κ1) is 20.1. The Labute approximate surface area is 177 Å². The number of quaternary nitrogens is 1. The number of rotatable bonds is 7. The molecular formula is C25H27N2O3+. The summed E-state index contributed by atoms with van der Waals surface area (Å²) in [4.78, 5) is 14.3. The summed E-state index contributed by atoms with van der Waals surface area (Å²) in [7, 11) is 0. The van der Waals surface area contributed by atoms with Gasteiger partial charge in [-0.05, 0) is 35.9 Å². The highest BCUT2D eigenvalue weighted by Crippen LogP contribution is 2.21. The number of morpholine rings is 1. The quantitative estimate of drug-likeness (QED) is 0.638. The molecule has 1 heterocycles. The van der Waals surface area contributed by atoms with Crippen LogP contribution in [0.5, 0.6) is 11.5 Å². The number of amides is 1. The molecule has 0 aliphatic carbocycles. The number of hydrogen-bond donors (Lipinski definition) is 2. The molecule has 0 aromatic heterocycles. The van der Waals surface area contributed by atoms with Gasteiger partial charge in [-0.3, -0.25) is 4.79 Å². The molecule has 154 valence electrons. The van der Waals surface area contributed by atoms with Crippen molar-refractivity contribution in [3.8, 4) is 11.5 Å². The first-order valence-corrected chi connectivity index (χ1v) is 10.4. The van der Waals surface area contributed by atoms with Crippen LogP contribution in [0.25, 0.3) is 0 Å². The molecule has 1 saturated heterocycles. The van der Waals surface area contributed by atoms with Crippen LogP contribution >= 0.6 is 0 Å². The van der Waals surface area contributed by atoms with Gasteiger partial charge in [0.1, 0.15) is 31.1 Å². The molecule has 1 amide bonds. The van der Waals surface area contributed by atoms with E-state index in [0.717, 1.165) is 44.2 Å². The van der Waals surface area contributed by atoms with Crippen LogP contribution < -0.4 is 15.0 Å². The van der Waals surface area contributed by atoms with Crippen molar-refractivity contribution in [2.24, 2.45) is 0 Å². The number of carbonyl (C=O) groups excluding carboxylic acids is 1. The molecule has 0 spiro atoms. The van der Waals surface area contributed by atoms with Gasteiger partial charge in [-0.1, -0.05) is 48.5 Å². The van der Waals surface area contributed by atoms with E-state index in [1.807, 2.05) is 48.5 Å². The zero-order valence-electron chi connectivity index (χ0n) is 17.0. The fourth-order valence-electron chi connectivity index (χ4n) is 3.61. The van der Waals surface area contributed by atoms with Crippen molar-refractivity contribution < 1.29 is 19.2 Å². The molecule has 0 radical (unpaired) electrons. The summed E-state index contributed by atoms with van der Waals surface area (Å²) >= 11 is 0. The van der Waals surface area contributed by atoms with Crippen LogP contribution in [-0.2, 0) is 17.8 Å². The average molecular weight is 404 g/mol. The van der Waals surface area contributed by atoms with Crippen molar-refractivity contribution >= 4 is 5.91 Å². The number of carbonyl (C=O) groups is 1. The molecule has 1 aliphatic heterocycles. The summed E-state index contributed by atoms with van der Waals surface area (Å²) in [6.45, 7) is 5.13. The monoisotopic (exact) mass is 403 g/mol. The molecule has 4 rings (SSSR count). The first-order valence-electron chi connectivity index (χ1n) is 10.4. The van der Waals surface area contributed by atoms with Crippen LogP contribution in [0.2, 0.25) is 0 Å². The Kier molecular flexibility index (Phi) is 6.75. The largest absolute Gasteiger partial charge is 0.457 e. The highest BCUT2D eigenvalue weighted by Gasteiger charge is 2.16. The molecule has 0 saturated carbocycles. The normalized spacial score (nSPS) is 14.3. The van der Waals surface area contributed by atoms with Crippen molar-refractivity contribution in [2.45, 2.75) is 13.1 Å². The van der Waals surface area contributed by atoms with Gasteiger partial charge in [-0.15, -0.1) is 0 Å². The SMILES string of the molecule is O=C(NCc1ccccc1C[NH+]1CCOCC1)c1cccc(Oc2ccccc2)c1. The molecule has 5 heteroatoms. The standard InChI is InChI=1S/C25H26N2O3/c28-25(20-9-6-12-24(17-20)30-23-10-2-1-3-11-23)26-18-21-7-4-5-8-22(21)19-27-13-15-29-16-14-27/h1-12,17H,13-16,18-19H2,(H,26,28)/p+1. The molecule has 1 fully saturated rings. The van der Waals surface area contributed by atoms with Gasteiger partial charge in [-0.25, -0.2) is 0 Å². The van der Waals surface area contributed by atoms with Gasteiger partial charge < -0.3 is 19.7 Å². The zero-order chi connectivity index (χ0) is 20.6. The van der Waals surface area contributed by atoms with Crippen LogP contribution in [0.3, 0.4) is 0 Å². The molecule has 3 aromatic carbocycles. The van der Waals surface area contributed by atoms with E-state index in [0.29, 0.717) is 17.9 Å². The van der Waals surface area contributed by atoms with Crippen LogP contribution in [0.15, 0.2) is 78.9 Å². The molecule has 3 aromatic rings. The van der Waals surface area contributed by atoms with Gasteiger partial charge in [-0.2, -0.15) is 0 Å². The number of nitrogens with one attached hydrogen (secondary N) is 2. The van der Waals surface area contributed by atoms with Gasteiger partial charge in [0, 0.05) is 17.7 Å². The van der Waals surface area contributed by atoms with Crippen LogP contribution in [0.1, 0.15) is 21.5 Å². The second-order valence-corrected chi connectivity index (χ2v) is 7.43. The number of para-hydroxylation sites is 1. The van der Waals surface area contributed by atoms with E-state index in [1.165, 1.54) is 10.5 Å². The number of hydrogen-bond acceptors (Lipinski definition) is 3. The summed E-state index contributed by atoms with van der Waals surface area (Å²) in [6, 6.07) is 25.1. The summed E-state index contributed by atoms with van der Waals surface area (Å²) in [5, 5.41) is 3.06. The van der Waals surface area contributed by atoms with E-state index in [9.17, 15) is 4.79 Å². The summed E-state index contributed by atoms with van der Waals surface area (Å²) < 4.78 is 11.3. The highest BCUT2D eigenvalue weighted by molar-refractivity contribution is 5.94. The molecule has 0 unspecified atom stereocenters. The van der Waals surface area contributed by atoms with E-state index in [2.05, 4.69) is 23.5 Å². The Morgan fingerprint density at radius 3 is 2.37 bits per heavy atom. The average Bonchev–Trinajstić information content (AvgIpc) is 2.80. The maximum Gasteiger partial charge on any atom is 0.251 e. The minimum absolute atomic E-state index is 0.109. The van der Waals surface area contributed by atoms with Gasteiger partial charge in [0.2, 0.25) is 0 Å². The lowest BCUT2D eigenvalue weighted by molar-refractivity contribution is -0.921. The van der Waals surface area contributed by atoms with Crippen molar-refractivity contribution in [3.05, 3.63) is 95.6 Å². The lowest BCUT2D eigenvalue weighted by Gasteiger charge is -2.24. The van der Waals surface area contributed by atoms with Gasteiger partial charge >= 0.3 is 0 Å². The molecule has 30 heavy (non-hydrogen) atoms. The summed E-state index contributed by atoms with van der Waals surface area (Å²) in [5.74, 6) is 1.28. The highest BCUT2D eigenvalue weighted by atomic mass is 16.5. The second-order valence-electron chi connectivity index (χ2n) is 7.43. The van der Waals surface area contributed by atoms with Gasteiger partial charge in [0.15, 0.2) is 0 Å². The zero-order valence-corrected chi connectivity index (χ0v) is 17.0. The van der Waals surface area contributed by atoms with Crippen molar-refractivity contribution in [1.82, 2.24) is 5.32 Å². The Balaban J connectivity index is 1.38. The van der Waals surface area contributed by atoms with E-state index in [-0.39, 0.29) is 5.91 Å². The number of ether oxygens (including phenoxy) is 2. The van der Waals surface area contributed by atoms with Gasteiger partial charge in [0.25, 0.3) is 5.91 Å². The lowest BCUT2D eigenvalue weighted by atomic mass is 10.1. The third-order valence-corrected chi connectivity index (χ3v) is 5.27. The third-order valence-electron chi connectivity index (χ3n) is 5.27. The van der Waals surface area contributed by atoms with E-state index < -0.39 is 0 Å². The fraction of sp³-hybridized carbons (Fsp3) is 0.240. The first-order chi connectivity index (χ1) is 14.8. The second kappa shape index (κ2) is 10.1. The fourth-order valence-corrected chi connectivity index (χ4v) is 3.61. The third kappa shape index (κ3) is 5.47. The van der Waals surface area contributed by atoms with E-state index >= 15 is 0 Å². The van der Waals surface area contributed by atoms with Crippen molar-refractivity contribution in [1.29, 1.82) is 0 Å². The van der Waals surface area contributed by atoms with Crippen LogP contribution in [-0.4, -0.2) is 32.2 Å². The predicted octanol–water partition coefficient (Wildman–Crippen LogP) is 2.82. The topological polar surface area (TPSA) is 52.0 Å². The summed E-state index contributed by atoms with van der Waals surface area (Å²) in [6.07, 6.45) is 0. The molecule has 0 atom stereocenters. The van der Waals surface area contributed by atoms with Crippen LogP contribution in [0, 0.1) is 0 Å². The van der Waals surface area contributed by atoms with Crippen molar-refractivity contribution in [2.75, 3.05) is 26.3 Å². The molecule has 1 aliphatic rings.